The van der Waals surface area contributed by atoms with Crippen LogP contribution < -0.4 is 15.4 Å². The van der Waals surface area contributed by atoms with Crippen LogP contribution in [0.4, 0.5) is 4.79 Å². The van der Waals surface area contributed by atoms with Crippen molar-refractivity contribution in [2.75, 3.05) is 27.8 Å². The van der Waals surface area contributed by atoms with Gasteiger partial charge in [-0.05, 0) is 30.7 Å². The Kier molecular flexibility index (Phi) is 5.85. The number of hydrogen-bond acceptors (Lipinski definition) is 6. The molecule has 138 valence electrons. The standard InChI is InChI=1S/C15H21N3O6S/c1-16-15(20)17-10-8-13(14(19)24-3)18(9-10)25(21,22)12-6-4-11(23-2)5-7-12/h4-7,10,13H,8-9H2,1-3H3,(H2,16,17,20)/t10-,13+/m0/s1. The molecule has 1 heterocycles. The minimum atomic E-state index is -3.94. The first-order valence-electron chi connectivity index (χ1n) is 7.55. The zero-order valence-corrected chi connectivity index (χ0v) is 15.0. The molecule has 2 amide bonds. The molecule has 1 fully saturated rings. The largest absolute Gasteiger partial charge is 0.497 e. The highest BCUT2D eigenvalue weighted by Crippen LogP contribution is 2.28. The van der Waals surface area contributed by atoms with Crippen LogP contribution >= 0.6 is 0 Å². The summed E-state index contributed by atoms with van der Waals surface area (Å²) in [7, 11) is 0.187. The lowest BCUT2D eigenvalue weighted by Crippen LogP contribution is -2.43. The van der Waals surface area contributed by atoms with Gasteiger partial charge in [-0.3, -0.25) is 4.79 Å². The summed E-state index contributed by atoms with van der Waals surface area (Å²) in [5, 5.41) is 5.03. The third-order valence-corrected chi connectivity index (χ3v) is 5.85. The first-order chi connectivity index (χ1) is 11.8. The minimum Gasteiger partial charge on any atom is -0.497 e. The Labute approximate surface area is 146 Å². The maximum atomic E-state index is 12.9. The second-order valence-electron chi connectivity index (χ2n) is 5.45. The molecule has 0 saturated carbocycles. The van der Waals surface area contributed by atoms with E-state index < -0.39 is 34.1 Å². The summed E-state index contributed by atoms with van der Waals surface area (Å²) >= 11 is 0. The molecule has 2 N–H and O–H groups in total. The molecule has 1 aliphatic rings. The van der Waals surface area contributed by atoms with Gasteiger partial charge in [0.15, 0.2) is 0 Å². The van der Waals surface area contributed by atoms with Gasteiger partial charge in [0.25, 0.3) is 0 Å². The van der Waals surface area contributed by atoms with E-state index >= 15 is 0 Å². The van der Waals surface area contributed by atoms with E-state index in [-0.39, 0.29) is 17.9 Å². The highest BCUT2D eigenvalue weighted by atomic mass is 32.2. The van der Waals surface area contributed by atoms with E-state index in [1.54, 1.807) is 0 Å². The number of methoxy groups -OCH3 is 2. The summed E-state index contributed by atoms with van der Waals surface area (Å²) < 4.78 is 36.6. The molecule has 0 radical (unpaired) electrons. The average molecular weight is 371 g/mol. The maximum Gasteiger partial charge on any atom is 0.324 e. The zero-order valence-electron chi connectivity index (χ0n) is 14.2. The molecule has 2 rings (SSSR count). The van der Waals surface area contributed by atoms with Crippen molar-refractivity contribution in [2.45, 2.75) is 23.4 Å². The predicted molar refractivity (Wildman–Crippen MR) is 88.7 cm³/mol. The summed E-state index contributed by atoms with van der Waals surface area (Å²) in [4.78, 5) is 23.5. The van der Waals surface area contributed by atoms with Gasteiger partial charge in [-0.15, -0.1) is 0 Å². The van der Waals surface area contributed by atoms with E-state index in [4.69, 9.17) is 9.47 Å². The number of nitrogens with zero attached hydrogens (tertiary/aromatic N) is 1. The summed E-state index contributed by atoms with van der Waals surface area (Å²) in [6.07, 6.45) is 0.134. The Morgan fingerprint density at radius 2 is 1.84 bits per heavy atom. The Hall–Kier alpha value is -2.33. The molecule has 2 atom stereocenters. The monoisotopic (exact) mass is 371 g/mol. The van der Waals surface area contributed by atoms with Crippen LogP contribution in [-0.2, 0) is 19.6 Å². The molecule has 1 aromatic rings. The number of amides is 2. The van der Waals surface area contributed by atoms with Crippen LogP contribution in [0.3, 0.4) is 0 Å². The summed E-state index contributed by atoms with van der Waals surface area (Å²) in [5.74, 6) is -0.151. The smallest absolute Gasteiger partial charge is 0.324 e. The third-order valence-electron chi connectivity index (χ3n) is 3.96. The maximum absolute atomic E-state index is 12.9. The Morgan fingerprint density at radius 3 is 2.36 bits per heavy atom. The first-order valence-corrected chi connectivity index (χ1v) is 8.99. The topological polar surface area (TPSA) is 114 Å². The van der Waals surface area contributed by atoms with Crippen molar-refractivity contribution in [2.24, 2.45) is 0 Å². The van der Waals surface area contributed by atoms with E-state index in [1.165, 1.54) is 45.5 Å². The molecule has 25 heavy (non-hydrogen) atoms. The van der Waals surface area contributed by atoms with Crippen molar-refractivity contribution >= 4 is 22.0 Å². The lowest BCUT2D eigenvalue weighted by Gasteiger charge is -2.22. The summed E-state index contributed by atoms with van der Waals surface area (Å²) in [5.41, 5.74) is 0. The Bertz CT molecular complexity index is 734. The number of carbonyl (C=O) groups excluding carboxylic acids is 2. The molecule has 1 aliphatic heterocycles. The van der Waals surface area contributed by atoms with E-state index in [0.717, 1.165) is 4.31 Å². The van der Waals surface area contributed by atoms with E-state index in [9.17, 15) is 18.0 Å². The lowest BCUT2D eigenvalue weighted by atomic mass is 10.2. The minimum absolute atomic E-state index is 0.0262. The van der Waals surface area contributed by atoms with Gasteiger partial charge in [-0.1, -0.05) is 0 Å². The van der Waals surface area contributed by atoms with E-state index in [2.05, 4.69) is 10.6 Å². The third kappa shape index (κ3) is 4.02. The fourth-order valence-corrected chi connectivity index (χ4v) is 4.30. The van der Waals surface area contributed by atoms with Crippen molar-refractivity contribution < 1.29 is 27.5 Å². The number of sulfonamides is 1. The lowest BCUT2D eigenvalue weighted by molar-refractivity contribution is -0.144. The SMILES string of the molecule is CNC(=O)N[C@H]1C[C@H](C(=O)OC)N(S(=O)(=O)c2ccc(OC)cc2)C1. The number of rotatable bonds is 5. The number of carbonyl (C=O) groups is 2. The summed E-state index contributed by atoms with van der Waals surface area (Å²) in [6.45, 7) is -0.0262. The van der Waals surface area contributed by atoms with Crippen LogP contribution in [0, 0.1) is 0 Å². The molecule has 10 heteroatoms. The second kappa shape index (κ2) is 7.70. The number of urea groups is 1. The fraction of sp³-hybridized carbons (Fsp3) is 0.467. The first kappa shape index (κ1) is 19.0. The van der Waals surface area contributed by atoms with Gasteiger partial charge in [0.1, 0.15) is 11.8 Å². The Balaban J connectivity index is 2.30. The van der Waals surface area contributed by atoms with Gasteiger partial charge in [0.05, 0.1) is 19.1 Å². The Morgan fingerprint density at radius 1 is 1.20 bits per heavy atom. The van der Waals surface area contributed by atoms with Crippen molar-refractivity contribution in [3.05, 3.63) is 24.3 Å². The molecule has 0 spiro atoms. The quantitative estimate of drug-likeness (QED) is 0.701. The average Bonchev–Trinajstić information content (AvgIpc) is 3.05. The molecule has 0 unspecified atom stereocenters. The van der Waals surface area contributed by atoms with E-state index in [1.807, 2.05) is 0 Å². The predicted octanol–water partition coefficient (Wildman–Crippen LogP) is -0.0712. The molecule has 0 aromatic heterocycles. The second-order valence-corrected chi connectivity index (χ2v) is 7.34. The van der Waals surface area contributed by atoms with Crippen LogP contribution in [0.1, 0.15) is 6.42 Å². The molecule has 9 nitrogen and oxygen atoms in total. The van der Waals surface area contributed by atoms with Crippen LogP contribution in [0.15, 0.2) is 29.2 Å². The van der Waals surface area contributed by atoms with Gasteiger partial charge >= 0.3 is 12.0 Å². The van der Waals surface area contributed by atoms with Gasteiger partial charge < -0.3 is 20.1 Å². The van der Waals surface area contributed by atoms with Crippen molar-refractivity contribution in [1.29, 1.82) is 0 Å². The number of benzene rings is 1. The number of esters is 1. The van der Waals surface area contributed by atoms with Gasteiger partial charge in [-0.25, -0.2) is 13.2 Å². The number of hydrogen-bond donors (Lipinski definition) is 2. The van der Waals surface area contributed by atoms with Crippen molar-refractivity contribution in [1.82, 2.24) is 14.9 Å². The molecule has 1 aromatic carbocycles. The highest BCUT2D eigenvalue weighted by molar-refractivity contribution is 7.89. The van der Waals surface area contributed by atoms with Crippen LogP contribution in [0.5, 0.6) is 5.75 Å². The zero-order chi connectivity index (χ0) is 18.6. The van der Waals surface area contributed by atoms with Crippen molar-refractivity contribution in [3.8, 4) is 5.75 Å². The fourth-order valence-electron chi connectivity index (χ4n) is 2.67. The van der Waals surface area contributed by atoms with Crippen LogP contribution in [-0.4, -0.2) is 64.6 Å². The van der Waals surface area contributed by atoms with Crippen molar-refractivity contribution in [3.63, 3.8) is 0 Å². The molecule has 1 saturated heterocycles. The van der Waals surface area contributed by atoms with Gasteiger partial charge in [0.2, 0.25) is 10.0 Å². The molecule has 0 aliphatic carbocycles. The molecule has 0 bridgehead atoms. The molecular weight excluding hydrogens is 350 g/mol. The molecular formula is C15H21N3O6S. The van der Waals surface area contributed by atoms with Gasteiger partial charge in [0, 0.05) is 19.6 Å². The highest BCUT2D eigenvalue weighted by Gasteiger charge is 2.45. The normalized spacial score (nSPS) is 20.8. The van der Waals surface area contributed by atoms with Crippen LogP contribution in [0.2, 0.25) is 0 Å². The van der Waals surface area contributed by atoms with E-state index in [0.29, 0.717) is 5.75 Å². The summed E-state index contributed by atoms with van der Waals surface area (Å²) in [6, 6.07) is 3.91. The van der Waals surface area contributed by atoms with Crippen LogP contribution in [0.25, 0.3) is 0 Å². The van der Waals surface area contributed by atoms with Gasteiger partial charge in [-0.2, -0.15) is 4.31 Å². The number of ether oxygens (including phenoxy) is 2. The number of nitrogens with one attached hydrogen (secondary N) is 2.